The molecule has 0 bridgehead atoms. The van der Waals surface area contributed by atoms with Gasteiger partial charge in [-0.05, 0) is 57.8 Å². The lowest BCUT2D eigenvalue weighted by atomic mass is 9.55. The number of benzene rings is 1. The molecule has 1 saturated heterocycles. The Morgan fingerprint density at radius 1 is 1.31 bits per heavy atom. The predicted octanol–water partition coefficient (Wildman–Crippen LogP) is 4.83. The van der Waals surface area contributed by atoms with Crippen LogP contribution in [-0.2, 0) is 14.9 Å². The lowest BCUT2D eigenvalue weighted by Gasteiger charge is -2.57. The highest BCUT2D eigenvalue weighted by Crippen LogP contribution is 2.57. The first-order valence-corrected chi connectivity index (χ1v) is 11.9. The van der Waals surface area contributed by atoms with Gasteiger partial charge in [0.25, 0.3) is 0 Å². The molecule has 0 amide bonds. The molecule has 2 aliphatic rings. The van der Waals surface area contributed by atoms with Crippen LogP contribution in [0.4, 0.5) is 0 Å². The first-order chi connectivity index (χ1) is 13.7. The van der Waals surface area contributed by atoms with Gasteiger partial charge in [-0.1, -0.05) is 45.7 Å². The van der Waals surface area contributed by atoms with E-state index in [1.54, 1.807) is 20.3 Å². The third-order valence-corrected chi connectivity index (χ3v) is 8.83. The number of phenolic OH excluding ortho intramolecular Hbond substituents is 1. The van der Waals surface area contributed by atoms with Crippen molar-refractivity contribution in [3.63, 3.8) is 0 Å². The average Bonchev–Trinajstić information content (AvgIpc) is 2.72. The summed E-state index contributed by atoms with van der Waals surface area (Å²) in [6, 6.07) is 2.03. The second-order valence-corrected chi connectivity index (χ2v) is 9.52. The molecule has 0 radical (unpaired) electrons. The summed E-state index contributed by atoms with van der Waals surface area (Å²) in [4.78, 5) is 15.0. The zero-order chi connectivity index (χ0) is 22.1. The van der Waals surface area contributed by atoms with Crippen molar-refractivity contribution in [2.45, 2.75) is 62.9 Å². The number of phenols is 1. The molecule has 4 unspecified atom stereocenters. The molecule has 1 aromatic carbocycles. The maximum atomic E-state index is 13.1. The summed E-state index contributed by atoms with van der Waals surface area (Å²) in [7, 11) is 5.26. The number of aromatic hydroxyl groups is 1. The summed E-state index contributed by atoms with van der Waals surface area (Å²) >= 11 is 7.35. The molecule has 1 aliphatic carbocycles. The molecule has 1 saturated carbocycles. The number of piperidine rings is 1. The second kappa shape index (κ2) is 9.67. The lowest BCUT2D eigenvalue weighted by Crippen LogP contribution is -2.64. The molecule has 1 N–H and O–H groups in total. The monoisotopic (exact) mass is 533 g/mol. The average molecular weight is 535 g/mol. The molecule has 1 aromatic rings. The van der Waals surface area contributed by atoms with Gasteiger partial charge in [0.05, 0.1) is 11.9 Å². The number of nitrogens with zero attached hydrogens (tertiary/aromatic N) is 1. The molecule has 29 heavy (non-hydrogen) atoms. The molecule has 0 aromatic heterocycles. The van der Waals surface area contributed by atoms with Gasteiger partial charge in [-0.3, -0.25) is 4.79 Å². The largest absolute Gasteiger partial charge is 0.504 e. The van der Waals surface area contributed by atoms with E-state index in [0.717, 1.165) is 28.6 Å². The van der Waals surface area contributed by atoms with Gasteiger partial charge in [-0.25, -0.2) is 0 Å². The normalized spacial score (nSPS) is 32.2. The molecule has 0 spiro atoms. The van der Waals surface area contributed by atoms with Crippen molar-refractivity contribution < 1.29 is 19.4 Å². The highest BCUT2D eigenvalue weighted by Gasteiger charge is 2.60. The van der Waals surface area contributed by atoms with Gasteiger partial charge in [-0.2, -0.15) is 0 Å². The number of carbonyl (C=O) groups is 1. The van der Waals surface area contributed by atoms with Crippen LogP contribution < -0.4 is 4.74 Å². The number of alkyl halides is 1. The molecular formula is C22H33Br2NO4. The number of fused-ring (bicyclic) bond motifs is 1. The van der Waals surface area contributed by atoms with Crippen molar-refractivity contribution in [3.8, 4) is 11.5 Å². The number of methoxy groups -OCH3 is 2. The molecule has 3 rings (SSSR count). The minimum absolute atomic E-state index is 0.0447. The first kappa shape index (κ1) is 24.6. The Morgan fingerprint density at radius 3 is 2.48 bits per heavy atom. The zero-order valence-corrected chi connectivity index (χ0v) is 21.6. The van der Waals surface area contributed by atoms with E-state index in [9.17, 15) is 9.90 Å². The number of halogens is 2. The van der Waals surface area contributed by atoms with Gasteiger partial charge in [0.1, 0.15) is 6.10 Å². The maximum Gasteiger partial charge on any atom is 0.176 e. The Bertz CT molecular complexity index is 757. The van der Waals surface area contributed by atoms with Crippen molar-refractivity contribution >= 4 is 37.6 Å². The fourth-order valence-electron chi connectivity index (χ4n) is 5.06. The Hall–Kier alpha value is -0.630. The third-order valence-electron chi connectivity index (χ3n) is 6.74. The number of carbonyl (C=O) groups excluding carboxylic acids is 1. The van der Waals surface area contributed by atoms with Gasteiger partial charge in [-0.15, -0.1) is 0 Å². The van der Waals surface area contributed by atoms with Crippen LogP contribution in [0.2, 0.25) is 0 Å². The first-order valence-electron chi connectivity index (χ1n) is 10.2. The van der Waals surface area contributed by atoms with Crippen molar-refractivity contribution in [1.29, 1.82) is 0 Å². The fourth-order valence-corrected chi connectivity index (χ4v) is 6.56. The van der Waals surface area contributed by atoms with E-state index in [2.05, 4.69) is 50.7 Å². The topological polar surface area (TPSA) is 59.0 Å². The van der Waals surface area contributed by atoms with Crippen molar-refractivity contribution in [2.75, 3.05) is 27.8 Å². The molecule has 5 atom stereocenters. The summed E-state index contributed by atoms with van der Waals surface area (Å²) in [5.41, 5.74) is 1.23. The predicted molar refractivity (Wildman–Crippen MR) is 123 cm³/mol. The number of rotatable bonds is 3. The van der Waals surface area contributed by atoms with Crippen LogP contribution in [-0.4, -0.2) is 60.6 Å². The van der Waals surface area contributed by atoms with Gasteiger partial charge < -0.3 is 19.5 Å². The Morgan fingerprint density at radius 2 is 1.93 bits per heavy atom. The van der Waals surface area contributed by atoms with Crippen LogP contribution in [0.25, 0.3) is 0 Å². The smallest absolute Gasteiger partial charge is 0.176 e. The van der Waals surface area contributed by atoms with Crippen molar-refractivity contribution in [3.05, 3.63) is 21.7 Å². The molecule has 5 nitrogen and oxygen atoms in total. The SMILES string of the molecule is CC.COc1cc(Br)c(C)c([C@@]23CCN(C)C(C)C2CC(OC)C(=O)C3Br)c1O. The van der Waals surface area contributed by atoms with Gasteiger partial charge in [0.2, 0.25) is 0 Å². The van der Waals surface area contributed by atoms with Crippen LogP contribution in [0.15, 0.2) is 10.5 Å². The summed E-state index contributed by atoms with van der Waals surface area (Å²) < 4.78 is 11.8. The highest BCUT2D eigenvalue weighted by molar-refractivity contribution is 9.10. The summed E-state index contributed by atoms with van der Waals surface area (Å²) in [5.74, 6) is 0.742. The molecule has 7 heteroatoms. The quantitative estimate of drug-likeness (QED) is 0.563. The van der Waals surface area contributed by atoms with E-state index < -0.39 is 16.3 Å². The molecular weight excluding hydrogens is 502 g/mol. The van der Waals surface area contributed by atoms with E-state index in [0.29, 0.717) is 12.2 Å². The Balaban J connectivity index is 0.00000145. The summed E-state index contributed by atoms with van der Waals surface area (Å²) in [5, 5.41) is 11.1. The molecule has 164 valence electrons. The fraction of sp³-hybridized carbons (Fsp3) is 0.682. The lowest BCUT2D eigenvalue weighted by molar-refractivity contribution is -0.139. The third kappa shape index (κ3) is 3.88. The van der Waals surface area contributed by atoms with E-state index in [1.165, 1.54) is 0 Å². The Kier molecular flexibility index (Phi) is 8.21. The summed E-state index contributed by atoms with van der Waals surface area (Å²) in [6.45, 7) is 9.03. The van der Waals surface area contributed by atoms with E-state index in [1.807, 2.05) is 20.8 Å². The van der Waals surface area contributed by atoms with Crippen LogP contribution in [0.5, 0.6) is 11.5 Å². The maximum absolute atomic E-state index is 13.1. The number of ether oxygens (including phenoxy) is 2. The molecule has 1 aliphatic heterocycles. The van der Waals surface area contributed by atoms with Crippen molar-refractivity contribution in [1.82, 2.24) is 4.90 Å². The number of hydrogen-bond acceptors (Lipinski definition) is 5. The Labute approximate surface area is 191 Å². The van der Waals surface area contributed by atoms with E-state index in [-0.39, 0.29) is 23.5 Å². The second-order valence-electron chi connectivity index (χ2n) is 7.75. The highest BCUT2D eigenvalue weighted by atomic mass is 79.9. The minimum atomic E-state index is -0.525. The molecule has 2 fully saturated rings. The molecule has 1 heterocycles. The van der Waals surface area contributed by atoms with Gasteiger partial charge in [0.15, 0.2) is 17.3 Å². The van der Waals surface area contributed by atoms with Crippen LogP contribution in [0.3, 0.4) is 0 Å². The number of ketones is 1. The summed E-state index contributed by atoms with van der Waals surface area (Å²) in [6.07, 6.45) is 0.972. The van der Waals surface area contributed by atoms with Crippen LogP contribution >= 0.6 is 31.9 Å². The van der Waals surface area contributed by atoms with Crippen LogP contribution in [0.1, 0.15) is 44.7 Å². The van der Waals surface area contributed by atoms with E-state index >= 15 is 0 Å². The zero-order valence-electron chi connectivity index (χ0n) is 18.4. The van der Waals surface area contributed by atoms with Gasteiger partial charge >= 0.3 is 0 Å². The number of hydrogen-bond donors (Lipinski definition) is 1. The van der Waals surface area contributed by atoms with Gasteiger partial charge in [0, 0.05) is 28.6 Å². The van der Waals surface area contributed by atoms with Crippen LogP contribution in [0, 0.1) is 12.8 Å². The standard InChI is InChI=1S/C20H27Br2NO4.C2H6/c1-10-13(21)9-15(27-5)17(24)16(10)20-6-7-23(3)11(2)12(20)8-14(26-4)18(25)19(20)22;1-2/h9,11-12,14,19,24H,6-8H2,1-5H3;1-2H3/t11?,12?,14?,19?,20-;/m1./s1. The number of likely N-dealkylation sites (tertiary alicyclic amines) is 1. The van der Waals surface area contributed by atoms with Crippen molar-refractivity contribution in [2.24, 2.45) is 5.92 Å². The minimum Gasteiger partial charge on any atom is -0.504 e. The van der Waals surface area contributed by atoms with E-state index in [4.69, 9.17) is 9.47 Å². The number of Topliss-reactive ketones (excluding diaryl/α,β-unsaturated/α-hetero) is 1.